The molecule has 0 N–H and O–H groups in total. The van der Waals surface area contributed by atoms with Gasteiger partial charge in [0.1, 0.15) is 0 Å². The zero-order chi connectivity index (χ0) is 16.1. The van der Waals surface area contributed by atoms with Crippen LogP contribution in [0.25, 0.3) is 20.2 Å². The van der Waals surface area contributed by atoms with E-state index in [9.17, 15) is 0 Å². The minimum absolute atomic E-state index is 1.13. The minimum Gasteiger partial charge on any atom is -0.312 e. The molecule has 0 bridgehead atoms. The number of hydrogen-bond acceptors (Lipinski definition) is 2. The average molecular weight is 314 g/mol. The molecule has 0 atom stereocenters. The van der Waals surface area contributed by atoms with E-state index < -0.39 is 0 Å². The van der Waals surface area contributed by atoms with Crippen molar-refractivity contribution >= 4 is 31.5 Å². The second-order valence-electron chi connectivity index (χ2n) is 6.12. The van der Waals surface area contributed by atoms with Gasteiger partial charge in [0.15, 0.2) is 0 Å². The third-order valence-corrected chi connectivity index (χ3v) is 4.76. The SMILES string of the molecule is CCCc1c(CC)ccc2sc3ccccc3c12.CN(C)C. The Balaban J connectivity index is 0.000000396. The van der Waals surface area contributed by atoms with Crippen LogP contribution in [0.5, 0.6) is 0 Å². The van der Waals surface area contributed by atoms with Crippen molar-refractivity contribution in [3.05, 3.63) is 47.5 Å². The Labute approximate surface area is 138 Å². The van der Waals surface area contributed by atoms with E-state index in [0.29, 0.717) is 0 Å². The first kappa shape index (κ1) is 17.0. The molecule has 0 saturated carbocycles. The van der Waals surface area contributed by atoms with Gasteiger partial charge in [-0.3, -0.25) is 0 Å². The minimum atomic E-state index is 1.13. The van der Waals surface area contributed by atoms with E-state index in [1.54, 1.807) is 5.56 Å². The second-order valence-corrected chi connectivity index (χ2v) is 7.20. The van der Waals surface area contributed by atoms with Gasteiger partial charge in [0.2, 0.25) is 0 Å². The van der Waals surface area contributed by atoms with E-state index in [2.05, 4.69) is 50.2 Å². The molecule has 3 rings (SSSR count). The Hall–Kier alpha value is -1.38. The van der Waals surface area contributed by atoms with Crippen molar-refractivity contribution in [2.24, 2.45) is 0 Å². The summed E-state index contributed by atoms with van der Waals surface area (Å²) in [6.07, 6.45) is 3.55. The summed E-state index contributed by atoms with van der Waals surface area (Å²) in [6, 6.07) is 13.4. The van der Waals surface area contributed by atoms with Crippen LogP contribution < -0.4 is 0 Å². The van der Waals surface area contributed by atoms with Crippen molar-refractivity contribution in [3.8, 4) is 0 Å². The molecule has 22 heavy (non-hydrogen) atoms. The van der Waals surface area contributed by atoms with Crippen molar-refractivity contribution in [2.75, 3.05) is 21.1 Å². The zero-order valence-corrected chi connectivity index (χ0v) is 15.3. The largest absolute Gasteiger partial charge is 0.312 e. The van der Waals surface area contributed by atoms with E-state index in [1.807, 2.05) is 37.4 Å². The maximum absolute atomic E-state index is 2.32. The summed E-state index contributed by atoms with van der Waals surface area (Å²) in [7, 11) is 6.00. The summed E-state index contributed by atoms with van der Waals surface area (Å²) in [6.45, 7) is 4.53. The number of fused-ring (bicyclic) bond motifs is 3. The van der Waals surface area contributed by atoms with Crippen LogP contribution >= 0.6 is 11.3 Å². The molecule has 2 heteroatoms. The number of rotatable bonds is 3. The highest BCUT2D eigenvalue weighted by molar-refractivity contribution is 7.25. The Kier molecular flexibility index (Phi) is 5.98. The van der Waals surface area contributed by atoms with Gasteiger partial charge < -0.3 is 4.90 Å². The Morgan fingerprint density at radius 2 is 1.59 bits per heavy atom. The van der Waals surface area contributed by atoms with E-state index in [0.717, 1.165) is 6.42 Å². The lowest BCUT2D eigenvalue weighted by Gasteiger charge is -2.09. The number of hydrogen-bond donors (Lipinski definition) is 0. The van der Waals surface area contributed by atoms with Gasteiger partial charge in [-0.05, 0) is 57.2 Å². The summed E-state index contributed by atoms with van der Waals surface area (Å²) >= 11 is 1.92. The first-order valence-electron chi connectivity index (χ1n) is 8.11. The maximum atomic E-state index is 2.32. The standard InChI is InChI=1S/C17H18S.C3H9N/c1-3-7-13-12(4-2)10-11-16-17(13)14-8-5-6-9-15(14)18-16;1-4(2)3/h5-6,8-11H,3-4,7H2,1-2H3;1-3H3. The number of nitrogens with zero attached hydrogens (tertiary/aromatic N) is 1. The smallest absolute Gasteiger partial charge is 0.0358 e. The molecule has 1 heterocycles. The predicted molar refractivity (Wildman–Crippen MR) is 102 cm³/mol. The van der Waals surface area contributed by atoms with Gasteiger partial charge in [0, 0.05) is 20.2 Å². The summed E-state index contributed by atoms with van der Waals surface area (Å²) in [5.41, 5.74) is 3.10. The van der Waals surface area contributed by atoms with E-state index >= 15 is 0 Å². The second kappa shape index (κ2) is 7.75. The summed E-state index contributed by atoms with van der Waals surface area (Å²) in [5.74, 6) is 0. The lowest BCUT2D eigenvalue weighted by atomic mass is 9.96. The van der Waals surface area contributed by atoms with Crippen LogP contribution in [0.15, 0.2) is 36.4 Å². The Morgan fingerprint density at radius 3 is 2.23 bits per heavy atom. The van der Waals surface area contributed by atoms with Gasteiger partial charge in [0.25, 0.3) is 0 Å². The third-order valence-electron chi connectivity index (χ3n) is 3.63. The predicted octanol–water partition coefficient (Wildman–Crippen LogP) is 5.75. The average Bonchev–Trinajstić information content (AvgIpc) is 2.86. The zero-order valence-electron chi connectivity index (χ0n) is 14.4. The van der Waals surface area contributed by atoms with Gasteiger partial charge >= 0.3 is 0 Å². The third kappa shape index (κ3) is 3.68. The summed E-state index contributed by atoms with van der Waals surface area (Å²) < 4.78 is 2.86. The van der Waals surface area contributed by atoms with E-state index in [4.69, 9.17) is 0 Å². The van der Waals surface area contributed by atoms with Gasteiger partial charge in [-0.1, -0.05) is 44.5 Å². The molecule has 1 nitrogen and oxygen atoms in total. The molecule has 1 aromatic heterocycles. The molecule has 0 aliphatic carbocycles. The normalized spacial score (nSPS) is 11.0. The molecule has 0 aliphatic heterocycles. The first-order chi connectivity index (χ1) is 10.6. The van der Waals surface area contributed by atoms with E-state index in [-0.39, 0.29) is 0 Å². The van der Waals surface area contributed by atoms with Crippen molar-refractivity contribution in [2.45, 2.75) is 33.1 Å². The molecule has 3 aromatic rings. The number of benzene rings is 2. The van der Waals surface area contributed by atoms with Crippen LogP contribution in [0, 0.1) is 0 Å². The monoisotopic (exact) mass is 313 g/mol. The molecule has 0 amide bonds. The Bertz CT molecular complexity index is 737. The lowest BCUT2D eigenvalue weighted by molar-refractivity contribution is 0.505. The van der Waals surface area contributed by atoms with Gasteiger partial charge in [-0.15, -0.1) is 11.3 Å². The maximum Gasteiger partial charge on any atom is 0.0358 e. The molecular formula is C20H27NS. The fraction of sp³-hybridized carbons (Fsp3) is 0.400. The molecular weight excluding hydrogens is 286 g/mol. The van der Waals surface area contributed by atoms with Crippen molar-refractivity contribution in [3.63, 3.8) is 0 Å². The van der Waals surface area contributed by atoms with Gasteiger partial charge in [0.05, 0.1) is 0 Å². The molecule has 0 unspecified atom stereocenters. The van der Waals surface area contributed by atoms with Crippen LogP contribution in [-0.4, -0.2) is 26.0 Å². The topological polar surface area (TPSA) is 3.24 Å². The van der Waals surface area contributed by atoms with E-state index in [1.165, 1.54) is 38.6 Å². The molecule has 0 saturated heterocycles. The van der Waals surface area contributed by atoms with Crippen LogP contribution in [-0.2, 0) is 12.8 Å². The number of thiophene rings is 1. The molecule has 118 valence electrons. The first-order valence-corrected chi connectivity index (χ1v) is 8.93. The highest BCUT2D eigenvalue weighted by Gasteiger charge is 2.11. The Morgan fingerprint density at radius 1 is 0.909 bits per heavy atom. The fourth-order valence-electron chi connectivity index (χ4n) is 2.80. The summed E-state index contributed by atoms with van der Waals surface area (Å²) in [4.78, 5) is 2.00. The van der Waals surface area contributed by atoms with Crippen LogP contribution in [0.2, 0.25) is 0 Å². The van der Waals surface area contributed by atoms with Gasteiger partial charge in [-0.2, -0.15) is 0 Å². The lowest BCUT2D eigenvalue weighted by Crippen LogP contribution is -1.99. The quantitative estimate of drug-likeness (QED) is 0.595. The molecule has 0 aliphatic rings. The van der Waals surface area contributed by atoms with Crippen molar-refractivity contribution < 1.29 is 0 Å². The number of aryl methyl sites for hydroxylation is 2. The molecule has 0 radical (unpaired) electrons. The summed E-state index contributed by atoms with van der Waals surface area (Å²) in [5, 5.41) is 2.95. The molecule has 0 fully saturated rings. The van der Waals surface area contributed by atoms with Crippen LogP contribution in [0.4, 0.5) is 0 Å². The highest BCUT2D eigenvalue weighted by atomic mass is 32.1. The molecule has 0 spiro atoms. The van der Waals surface area contributed by atoms with Crippen LogP contribution in [0.3, 0.4) is 0 Å². The molecule has 2 aromatic carbocycles. The van der Waals surface area contributed by atoms with Crippen LogP contribution in [0.1, 0.15) is 31.4 Å². The fourth-order valence-corrected chi connectivity index (χ4v) is 3.93. The van der Waals surface area contributed by atoms with Gasteiger partial charge in [-0.25, -0.2) is 0 Å². The van der Waals surface area contributed by atoms with Crippen molar-refractivity contribution in [1.29, 1.82) is 0 Å². The highest BCUT2D eigenvalue weighted by Crippen LogP contribution is 2.37. The van der Waals surface area contributed by atoms with Crippen molar-refractivity contribution in [1.82, 2.24) is 4.90 Å².